The first-order chi connectivity index (χ1) is 9.61. The number of amides is 1. The topological polar surface area (TPSA) is 72.4 Å². The molecular formula is C14H14BrN3O2. The highest BCUT2D eigenvalue weighted by molar-refractivity contribution is 9.10. The van der Waals surface area contributed by atoms with E-state index in [-0.39, 0.29) is 11.9 Å². The third-order valence-electron chi connectivity index (χ3n) is 3.37. The molecule has 2 heterocycles. The molecule has 5 nitrogen and oxygen atoms in total. The summed E-state index contributed by atoms with van der Waals surface area (Å²) in [5.41, 5.74) is 7.40. The Morgan fingerprint density at radius 3 is 2.90 bits per heavy atom. The van der Waals surface area contributed by atoms with Crippen molar-refractivity contribution in [1.82, 2.24) is 9.88 Å². The molecule has 1 aromatic heterocycles. The number of carbonyl (C=O) groups is 1. The minimum atomic E-state index is 0.0907. The maximum Gasteiger partial charge on any atom is 0.292 e. The van der Waals surface area contributed by atoms with E-state index >= 15 is 0 Å². The van der Waals surface area contributed by atoms with Crippen LogP contribution >= 0.6 is 15.9 Å². The van der Waals surface area contributed by atoms with Crippen LogP contribution < -0.4 is 5.73 Å². The van der Waals surface area contributed by atoms with E-state index in [4.69, 9.17) is 10.2 Å². The quantitative estimate of drug-likeness (QED) is 0.912. The number of oxazole rings is 1. The number of rotatable bonds is 2. The van der Waals surface area contributed by atoms with Crippen LogP contribution in [-0.2, 0) is 24.2 Å². The van der Waals surface area contributed by atoms with Crippen molar-refractivity contribution in [1.29, 1.82) is 0 Å². The van der Waals surface area contributed by atoms with Gasteiger partial charge in [0.25, 0.3) is 6.01 Å². The van der Waals surface area contributed by atoms with E-state index in [0.29, 0.717) is 31.7 Å². The highest BCUT2D eigenvalue weighted by atomic mass is 79.9. The van der Waals surface area contributed by atoms with Crippen molar-refractivity contribution in [2.24, 2.45) is 0 Å². The number of nitrogen functional groups attached to an aromatic ring is 1. The Morgan fingerprint density at radius 1 is 1.40 bits per heavy atom. The predicted molar refractivity (Wildman–Crippen MR) is 77.9 cm³/mol. The van der Waals surface area contributed by atoms with E-state index in [1.165, 1.54) is 0 Å². The molecule has 0 saturated carbocycles. The Morgan fingerprint density at radius 2 is 2.15 bits per heavy atom. The Hall–Kier alpha value is -1.82. The monoisotopic (exact) mass is 335 g/mol. The van der Waals surface area contributed by atoms with E-state index in [0.717, 1.165) is 15.7 Å². The largest absolute Gasteiger partial charge is 0.427 e. The number of hydrogen-bond donors (Lipinski definition) is 1. The van der Waals surface area contributed by atoms with Gasteiger partial charge in [-0.25, -0.2) is 0 Å². The maximum absolute atomic E-state index is 12.3. The second-order valence-electron chi connectivity index (χ2n) is 4.79. The van der Waals surface area contributed by atoms with Crippen molar-refractivity contribution in [3.8, 4) is 0 Å². The van der Waals surface area contributed by atoms with Crippen molar-refractivity contribution in [3.63, 3.8) is 0 Å². The van der Waals surface area contributed by atoms with Crippen LogP contribution in [-0.4, -0.2) is 22.3 Å². The molecule has 0 saturated heterocycles. The lowest BCUT2D eigenvalue weighted by Gasteiger charge is -2.25. The molecule has 0 fully saturated rings. The van der Waals surface area contributed by atoms with Gasteiger partial charge in [-0.3, -0.25) is 4.79 Å². The molecule has 0 aliphatic carbocycles. The highest BCUT2D eigenvalue weighted by Gasteiger charge is 2.24. The average Bonchev–Trinajstić information content (AvgIpc) is 2.80. The first kappa shape index (κ1) is 13.2. The molecule has 0 radical (unpaired) electrons. The normalized spacial score (nSPS) is 14.2. The van der Waals surface area contributed by atoms with Gasteiger partial charge in [0.1, 0.15) is 5.76 Å². The lowest BCUT2D eigenvalue weighted by atomic mass is 10.1. The third-order valence-corrected chi connectivity index (χ3v) is 3.90. The van der Waals surface area contributed by atoms with Gasteiger partial charge in [-0.2, -0.15) is 4.98 Å². The van der Waals surface area contributed by atoms with Gasteiger partial charge >= 0.3 is 0 Å². The molecule has 1 aromatic carbocycles. The smallest absolute Gasteiger partial charge is 0.292 e. The average molecular weight is 336 g/mol. The number of benzene rings is 1. The van der Waals surface area contributed by atoms with E-state index in [1.54, 1.807) is 4.90 Å². The second kappa shape index (κ2) is 5.28. The lowest BCUT2D eigenvalue weighted by molar-refractivity contribution is -0.131. The number of nitrogens with two attached hydrogens (primary N) is 1. The van der Waals surface area contributed by atoms with Crippen molar-refractivity contribution in [2.75, 3.05) is 12.3 Å². The Kier molecular flexibility index (Phi) is 3.48. The standard InChI is InChI=1S/C14H14BrN3O2/c15-10-3-1-9(2-4-10)7-13(19)18-6-5-11-12(8-18)20-14(16)17-11/h1-4H,5-8H2,(H2,16,17). The van der Waals surface area contributed by atoms with Gasteiger partial charge in [0.05, 0.1) is 18.7 Å². The van der Waals surface area contributed by atoms with Crippen LogP contribution in [0.3, 0.4) is 0 Å². The maximum atomic E-state index is 12.3. The van der Waals surface area contributed by atoms with E-state index in [9.17, 15) is 4.79 Å². The van der Waals surface area contributed by atoms with Crippen LogP contribution in [0.25, 0.3) is 0 Å². The summed E-state index contributed by atoms with van der Waals surface area (Å²) >= 11 is 3.38. The van der Waals surface area contributed by atoms with Crippen LogP contribution in [0.1, 0.15) is 17.0 Å². The molecular weight excluding hydrogens is 322 g/mol. The summed E-state index contributed by atoms with van der Waals surface area (Å²) in [5, 5.41) is 0. The predicted octanol–water partition coefficient (Wildman–Crippen LogP) is 2.15. The number of halogens is 1. The molecule has 0 atom stereocenters. The Labute approximate surface area is 124 Å². The first-order valence-corrected chi connectivity index (χ1v) is 7.17. The van der Waals surface area contributed by atoms with Crippen LogP contribution in [0.5, 0.6) is 0 Å². The zero-order chi connectivity index (χ0) is 14.1. The van der Waals surface area contributed by atoms with Crippen molar-refractivity contribution in [2.45, 2.75) is 19.4 Å². The van der Waals surface area contributed by atoms with Crippen molar-refractivity contribution in [3.05, 3.63) is 45.8 Å². The van der Waals surface area contributed by atoms with Crippen LogP contribution in [0.15, 0.2) is 33.2 Å². The van der Waals surface area contributed by atoms with E-state index < -0.39 is 0 Å². The number of carbonyl (C=O) groups excluding carboxylic acids is 1. The van der Waals surface area contributed by atoms with E-state index in [1.807, 2.05) is 24.3 Å². The minimum absolute atomic E-state index is 0.0907. The van der Waals surface area contributed by atoms with Gasteiger partial charge in [-0.1, -0.05) is 28.1 Å². The molecule has 0 unspecified atom stereocenters. The van der Waals surface area contributed by atoms with Gasteiger partial charge in [-0.15, -0.1) is 0 Å². The Bertz CT molecular complexity index is 636. The molecule has 3 rings (SSSR count). The summed E-state index contributed by atoms with van der Waals surface area (Å²) in [6.07, 6.45) is 1.09. The molecule has 6 heteroatoms. The van der Waals surface area contributed by atoms with Crippen LogP contribution in [0.2, 0.25) is 0 Å². The molecule has 1 aliphatic heterocycles. The molecule has 0 bridgehead atoms. The summed E-state index contributed by atoms with van der Waals surface area (Å²) in [6.45, 7) is 1.11. The lowest BCUT2D eigenvalue weighted by Crippen LogP contribution is -2.36. The fourth-order valence-electron chi connectivity index (χ4n) is 2.32. The zero-order valence-electron chi connectivity index (χ0n) is 10.8. The van der Waals surface area contributed by atoms with E-state index in [2.05, 4.69) is 20.9 Å². The van der Waals surface area contributed by atoms with Gasteiger partial charge in [0.15, 0.2) is 0 Å². The summed E-state index contributed by atoms with van der Waals surface area (Å²) in [5.74, 6) is 0.797. The number of anilines is 1. The summed E-state index contributed by atoms with van der Waals surface area (Å²) in [6, 6.07) is 7.95. The summed E-state index contributed by atoms with van der Waals surface area (Å²) in [4.78, 5) is 18.2. The van der Waals surface area contributed by atoms with Gasteiger partial charge < -0.3 is 15.1 Å². The molecule has 2 N–H and O–H groups in total. The second-order valence-corrected chi connectivity index (χ2v) is 5.71. The van der Waals surface area contributed by atoms with Gasteiger partial charge in [-0.05, 0) is 17.7 Å². The number of aromatic nitrogens is 1. The van der Waals surface area contributed by atoms with Crippen LogP contribution in [0.4, 0.5) is 6.01 Å². The molecule has 2 aromatic rings. The number of nitrogens with zero attached hydrogens (tertiary/aromatic N) is 2. The van der Waals surface area contributed by atoms with Crippen molar-refractivity contribution < 1.29 is 9.21 Å². The first-order valence-electron chi connectivity index (χ1n) is 6.38. The molecule has 1 amide bonds. The minimum Gasteiger partial charge on any atom is -0.427 e. The SMILES string of the molecule is Nc1nc2c(o1)CN(C(=O)Cc1ccc(Br)cc1)CC2. The molecule has 20 heavy (non-hydrogen) atoms. The van der Waals surface area contributed by atoms with Gasteiger partial charge in [0, 0.05) is 17.4 Å². The fraction of sp³-hybridized carbons (Fsp3) is 0.286. The molecule has 104 valence electrons. The van der Waals surface area contributed by atoms with Crippen LogP contribution in [0, 0.1) is 0 Å². The number of hydrogen-bond acceptors (Lipinski definition) is 4. The molecule has 1 aliphatic rings. The number of fused-ring (bicyclic) bond motifs is 1. The highest BCUT2D eigenvalue weighted by Crippen LogP contribution is 2.21. The van der Waals surface area contributed by atoms with Gasteiger partial charge in [0.2, 0.25) is 5.91 Å². The Balaban J connectivity index is 1.68. The molecule has 0 spiro atoms. The third kappa shape index (κ3) is 2.70. The fourth-order valence-corrected chi connectivity index (χ4v) is 2.58. The van der Waals surface area contributed by atoms with Crippen molar-refractivity contribution >= 4 is 27.9 Å². The summed E-state index contributed by atoms with van der Waals surface area (Å²) in [7, 11) is 0. The zero-order valence-corrected chi connectivity index (χ0v) is 12.4. The summed E-state index contributed by atoms with van der Waals surface area (Å²) < 4.78 is 6.33.